The van der Waals surface area contributed by atoms with Crippen molar-refractivity contribution in [3.05, 3.63) is 53.1 Å². The van der Waals surface area contributed by atoms with Crippen LogP contribution in [-0.2, 0) is 6.42 Å². The molecule has 0 nitrogen and oxygen atoms in total. The third-order valence-corrected chi connectivity index (χ3v) is 5.65. The second kappa shape index (κ2) is 6.93. The molecule has 2 aliphatic rings. The Bertz CT molecular complexity index is 524. The molecule has 0 bridgehead atoms. The number of hydrogen-bond donors (Lipinski definition) is 0. The zero-order valence-electron chi connectivity index (χ0n) is 12.1. The van der Waals surface area contributed by atoms with E-state index in [9.17, 15) is 0 Å². The molecule has 0 heterocycles. The maximum Gasteiger partial charge on any atom is 0.0402 e. The predicted octanol–water partition coefficient (Wildman–Crippen LogP) is 6.10. The van der Waals surface area contributed by atoms with E-state index in [-0.39, 0.29) is 0 Å². The highest BCUT2D eigenvalue weighted by atomic mass is 127. The largest absolute Gasteiger partial charge is 0.0829 e. The average Bonchev–Trinajstić information content (AvgIpc) is 2.50. The molecule has 0 spiro atoms. The molecular weight excluding hydrogens is 355 g/mol. The van der Waals surface area contributed by atoms with E-state index >= 15 is 0 Å². The number of rotatable bonds is 0. The van der Waals surface area contributed by atoms with Crippen LogP contribution in [0.2, 0.25) is 0 Å². The standard InChI is InChI=1S/C19H23I/c20-18-14-8-12-16-11-5-3-1-2-4-9-15-10-6-7-13-17(15)19(16)18/h6-8,10,12-13,18H,1-5,9,11,14H2. The van der Waals surface area contributed by atoms with Gasteiger partial charge in [0.05, 0.1) is 0 Å². The number of hydrogen-bond acceptors (Lipinski definition) is 0. The van der Waals surface area contributed by atoms with Crippen molar-refractivity contribution in [1.29, 1.82) is 0 Å². The molecule has 0 radical (unpaired) electrons. The van der Waals surface area contributed by atoms with Gasteiger partial charge in [0.2, 0.25) is 0 Å². The Morgan fingerprint density at radius 3 is 2.55 bits per heavy atom. The number of halogens is 1. The summed E-state index contributed by atoms with van der Waals surface area (Å²) in [4.78, 5) is 0. The lowest BCUT2D eigenvalue weighted by atomic mass is 9.86. The second-order valence-electron chi connectivity index (χ2n) is 5.97. The van der Waals surface area contributed by atoms with E-state index in [1.807, 2.05) is 0 Å². The minimum absolute atomic E-state index is 0.648. The number of benzene rings is 1. The van der Waals surface area contributed by atoms with Crippen LogP contribution >= 0.6 is 22.6 Å². The molecule has 0 saturated carbocycles. The van der Waals surface area contributed by atoms with Crippen LogP contribution in [0.5, 0.6) is 0 Å². The lowest BCUT2D eigenvalue weighted by molar-refractivity contribution is 0.616. The van der Waals surface area contributed by atoms with Gasteiger partial charge in [0.25, 0.3) is 0 Å². The van der Waals surface area contributed by atoms with Crippen LogP contribution in [0.3, 0.4) is 0 Å². The summed E-state index contributed by atoms with van der Waals surface area (Å²) >= 11 is 2.64. The first-order valence-corrected chi connectivity index (χ1v) is 9.23. The summed E-state index contributed by atoms with van der Waals surface area (Å²) in [7, 11) is 0. The van der Waals surface area contributed by atoms with E-state index in [0.717, 1.165) is 0 Å². The monoisotopic (exact) mass is 378 g/mol. The van der Waals surface area contributed by atoms with E-state index < -0.39 is 0 Å². The van der Waals surface area contributed by atoms with Gasteiger partial charge in [-0.3, -0.25) is 0 Å². The first kappa shape index (κ1) is 14.4. The molecule has 0 saturated heterocycles. The summed E-state index contributed by atoms with van der Waals surface area (Å²) in [5, 5.41) is 0. The van der Waals surface area contributed by atoms with Crippen LogP contribution in [0.1, 0.15) is 56.1 Å². The van der Waals surface area contributed by atoms with Crippen molar-refractivity contribution in [2.75, 3.05) is 0 Å². The lowest BCUT2D eigenvalue weighted by Gasteiger charge is -2.23. The van der Waals surface area contributed by atoms with Gasteiger partial charge in [-0.25, -0.2) is 0 Å². The van der Waals surface area contributed by atoms with Gasteiger partial charge in [0, 0.05) is 3.92 Å². The summed E-state index contributed by atoms with van der Waals surface area (Å²) in [5.74, 6) is 0. The maximum absolute atomic E-state index is 2.64. The van der Waals surface area contributed by atoms with Gasteiger partial charge in [-0.05, 0) is 54.4 Å². The van der Waals surface area contributed by atoms with Crippen molar-refractivity contribution in [3.63, 3.8) is 0 Å². The molecule has 1 atom stereocenters. The molecule has 106 valence electrons. The molecule has 0 aliphatic heterocycles. The summed E-state index contributed by atoms with van der Waals surface area (Å²) in [6.45, 7) is 0. The van der Waals surface area contributed by atoms with Crippen molar-refractivity contribution < 1.29 is 0 Å². The van der Waals surface area contributed by atoms with Gasteiger partial charge >= 0.3 is 0 Å². The van der Waals surface area contributed by atoms with Crippen molar-refractivity contribution in [2.45, 2.75) is 55.3 Å². The Balaban J connectivity index is 2.07. The SMILES string of the molecule is IC1CC=CC2=C1c1ccccc1CCCCCCC2. The van der Waals surface area contributed by atoms with Crippen LogP contribution in [0, 0.1) is 0 Å². The molecule has 1 aromatic carbocycles. The number of alkyl halides is 1. The summed E-state index contributed by atoms with van der Waals surface area (Å²) in [6.07, 6.45) is 15.4. The second-order valence-corrected chi connectivity index (χ2v) is 7.47. The summed E-state index contributed by atoms with van der Waals surface area (Å²) in [6, 6.07) is 9.12. The molecule has 1 unspecified atom stereocenters. The topological polar surface area (TPSA) is 0 Å². The normalized spacial score (nSPS) is 23.8. The molecule has 20 heavy (non-hydrogen) atoms. The molecule has 0 amide bonds. The fourth-order valence-corrected chi connectivity index (χ4v) is 4.49. The fourth-order valence-electron chi connectivity index (χ4n) is 3.46. The first-order chi connectivity index (χ1) is 9.86. The van der Waals surface area contributed by atoms with Crippen molar-refractivity contribution >= 4 is 28.2 Å². The van der Waals surface area contributed by atoms with E-state index in [1.54, 1.807) is 16.7 Å². The Kier molecular flexibility index (Phi) is 4.98. The van der Waals surface area contributed by atoms with Crippen LogP contribution in [0.15, 0.2) is 42.0 Å². The molecule has 3 rings (SSSR count). The van der Waals surface area contributed by atoms with E-state index in [0.29, 0.717) is 3.92 Å². The third kappa shape index (κ3) is 3.19. The highest BCUT2D eigenvalue weighted by Gasteiger charge is 2.21. The highest BCUT2D eigenvalue weighted by Crippen LogP contribution is 2.38. The van der Waals surface area contributed by atoms with Gasteiger partial charge in [-0.2, -0.15) is 0 Å². The molecule has 0 fully saturated rings. The Morgan fingerprint density at radius 2 is 1.65 bits per heavy atom. The number of aryl methyl sites for hydroxylation is 1. The van der Waals surface area contributed by atoms with E-state index in [1.165, 1.54) is 56.9 Å². The van der Waals surface area contributed by atoms with Crippen molar-refractivity contribution in [2.24, 2.45) is 0 Å². The number of fused-ring (bicyclic) bond motifs is 2. The Morgan fingerprint density at radius 1 is 0.900 bits per heavy atom. The third-order valence-electron chi connectivity index (χ3n) is 4.52. The summed E-state index contributed by atoms with van der Waals surface area (Å²) in [5.41, 5.74) is 6.34. The van der Waals surface area contributed by atoms with Crippen LogP contribution < -0.4 is 0 Å². The van der Waals surface area contributed by atoms with Gasteiger partial charge in [-0.15, -0.1) is 0 Å². The van der Waals surface area contributed by atoms with Crippen LogP contribution in [0.25, 0.3) is 5.57 Å². The Hall–Kier alpha value is -0.570. The van der Waals surface area contributed by atoms with Crippen molar-refractivity contribution in [1.82, 2.24) is 0 Å². The molecule has 0 aromatic heterocycles. The van der Waals surface area contributed by atoms with E-state index in [2.05, 4.69) is 59.0 Å². The quantitative estimate of drug-likeness (QED) is 0.378. The minimum Gasteiger partial charge on any atom is -0.0829 e. The lowest BCUT2D eigenvalue weighted by Crippen LogP contribution is -2.09. The zero-order valence-corrected chi connectivity index (χ0v) is 14.2. The molecule has 1 aromatic rings. The van der Waals surface area contributed by atoms with Gasteiger partial charge in [0.1, 0.15) is 0 Å². The maximum atomic E-state index is 2.64. The zero-order chi connectivity index (χ0) is 13.8. The fraction of sp³-hybridized carbons (Fsp3) is 0.474. The number of allylic oxidation sites excluding steroid dienone is 4. The van der Waals surface area contributed by atoms with Gasteiger partial charge in [0.15, 0.2) is 0 Å². The average molecular weight is 378 g/mol. The molecular formula is C19H23I. The first-order valence-electron chi connectivity index (χ1n) is 7.98. The molecule has 2 aliphatic carbocycles. The highest BCUT2D eigenvalue weighted by molar-refractivity contribution is 14.1. The van der Waals surface area contributed by atoms with Crippen LogP contribution in [-0.4, -0.2) is 3.92 Å². The molecule has 0 N–H and O–H groups in total. The minimum atomic E-state index is 0.648. The summed E-state index contributed by atoms with van der Waals surface area (Å²) < 4.78 is 0.648. The molecule has 1 heteroatoms. The Labute approximate surface area is 136 Å². The van der Waals surface area contributed by atoms with Gasteiger partial charge in [-0.1, -0.05) is 78.3 Å². The van der Waals surface area contributed by atoms with Crippen molar-refractivity contribution in [3.8, 4) is 0 Å². The van der Waals surface area contributed by atoms with Crippen LogP contribution in [0.4, 0.5) is 0 Å². The smallest absolute Gasteiger partial charge is 0.0402 e. The predicted molar refractivity (Wildman–Crippen MR) is 96.3 cm³/mol. The van der Waals surface area contributed by atoms with E-state index in [4.69, 9.17) is 0 Å². The van der Waals surface area contributed by atoms with Gasteiger partial charge < -0.3 is 0 Å².